The number of nitrogens with one attached hydrogen (secondary N) is 2. The van der Waals surface area contributed by atoms with Crippen molar-refractivity contribution in [2.24, 2.45) is 0 Å². The molecule has 20 heteroatoms. The summed E-state index contributed by atoms with van der Waals surface area (Å²) in [5.74, 6) is 1.97. The van der Waals surface area contributed by atoms with Gasteiger partial charge in [-0.15, -0.1) is 16.4 Å². The molecule has 0 radical (unpaired) electrons. The Morgan fingerprint density at radius 3 is 2.26 bits per heavy atom. The number of hydrogen-bond acceptors (Lipinski definition) is 9. The summed E-state index contributed by atoms with van der Waals surface area (Å²) in [6, 6.07) is 5.60. The minimum Gasteiger partial charge on any atom is -0.494 e. The number of amides is 1. The van der Waals surface area contributed by atoms with Crippen LogP contribution in [0.25, 0.3) is 17.1 Å². The van der Waals surface area contributed by atoms with Gasteiger partial charge in [-0.2, -0.15) is 10.1 Å². The van der Waals surface area contributed by atoms with Crippen LogP contribution < -0.4 is 47.6 Å². The monoisotopic (exact) mass is 662 g/mol. The fraction of sp³-hybridized carbons (Fsp3) is 0.267. The van der Waals surface area contributed by atoms with E-state index in [2.05, 4.69) is 109 Å². The van der Waals surface area contributed by atoms with Crippen molar-refractivity contribution < 1.29 is 14.3 Å². The molecule has 0 saturated carbocycles. The van der Waals surface area contributed by atoms with E-state index in [0.29, 0.717) is 66.9 Å². The number of hydrogen-bond donors (Lipinski definition) is 2. The minimum absolute atomic E-state index is 0.308. The molecular weight excluding hydrogens is 618 g/mol. The van der Waals surface area contributed by atoms with Gasteiger partial charge >= 0.3 is 0 Å². The highest BCUT2D eigenvalue weighted by Crippen LogP contribution is 2.38. The van der Waals surface area contributed by atoms with Gasteiger partial charge in [-0.1, -0.05) is 17.5 Å². The van der Waals surface area contributed by atoms with Crippen molar-refractivity contribution in [1.29, 1.82) is 0 Å². The SMILES string of the molecule is Bc1c(B)c(B)c(-c2nn(-c3ccnc(Nc4cc(NC(=O)C=C)c(N5CCOCC5)cc4OC)n3)cc2CN(C(B)B)C(B)B)c(B)c1B. The van der Waals surface area contributed by atoms with Crippen molar-refractivity contribution in [2.75, 3.05) is 48.9 Å². The summed E-state index contributed by atoms with van der Waals surface area (Å²) in [5, 5.41) is 11.5. The van der Waals surface area contributed by atoms with Crippen LogP contribution in [0.3, 0.4) is 0 Å². The minimum atomic E-state index is -0.308. The predicted octanol–water partition coefficient (Wildman–Crippen LogP) is -8.76. The standard InChI is InChI=1S/C30H43B9N8O3/c1-3-20(48)41-15-10-16(18(49-2)11-17(15)45-6-8-50-9-7-45)42-30-40-5-4-19(43-30)47-13-14(12-46(28(36)37)29(38)39)27(44-47)21-22(31)24(33)26(35)25(34)23(21)32/h3-5,10-11,13,28-29H,1,6-9,12,31-39H2,2H3,(H,41,48)(H,40,42,43). The van der Waals surface area contributed by atoms with E-state index >= 15 is 0 Å². The van der Waals surface area contributed by atoms with E-state index in [4.69, 9.17) is 19.6 Å². The summed E-state index contributed by atoms with van der Waals surface area (Å²) in [5.41, 5.74) is 11.7. The lowest BCUT2D eigenvalue weighted by molar-refractivity contribution is -0.111. The number of carbonyl (C=O) groups excluding carboxylic acids is 1. The molecule has 4 aromatic rings. The Morgan fingerprint density at radius 1 is 1.02 bits per heavy atom. The summed E-state index contributed by atoms with van der Waals surface area (Å²) >= 11 is 0. The number of benzene rings is 2. The van der Waals surface area contributed by atoms with E-state index < -0.39 is 0 Å². The number of aromatic nitrogens is 4. The third-order valence-electron chi connectivity index (χ3n) is 9.94. The number of ether oxygens (including phenoxy) is 2. The number of morpholine rings is 1. The molecule has 0 aliphatic carbocycles. The third kappa shape index (κ3) is 7.76. The van der Waals surface area contributed by atoms with E-state index in [1.807, 2.05) is 22.9 Å². The van der Waals surface area contributed by atoms with Crippen LogP contribution in [0.1, 0.15) is 5.56 Å². The highest BCUT2D eigenvalue weighted by molar-refractivity contribution is 6.68. The molecule has 50 heavy (non-hydrogen) atoms. The van der Waals surface area contributed by atoms with Gasteiger partial charge in [0.2, 0.25) is 11.9 Å². The van der Waals surface area contributed by atoms with Crippen molar-refractivity contribution in [3.63, 3.8) is 0 Å². The second kappa shape index (κ2) is 15.8. The Balaban J connectivity index is 1.58. The maximum atomic E-state index is 12.4. The summed E-state index contributed by atoms with van der Waals surface area (Å²) in [7, 11) is 21.6. The predicted molar refractivity (Wildman–Crippen MR) is 231 cm³/mol. The molecule has 248 valence electrons. The van der Waals surface area contributed by atoms with Crippen molar-refractivity contribution in [1.82, 2.24) is 24.6 Å². The summed E-state index contributed by atoms with van der Waals surface area (Å²) < 4.78 is 13.2. The highest BCUT2D eigenvalue weighted by Gasteiger charge is 2.24. The molecule has 0 unspecified atom stereocenters. The molecule has 2 N–H and O–H groups in total. The molecule has 0 spiro atoms. The van der Waals surface area contributed by atoms with Crippen LogP contribution in [0, 0.1) is 0 Å². The molecule has 5 rings (SSSR count). The zero-order valence-electron chi connectivity index (χ0n) is 31.3. The molecule has 1 saturated heterocycles. The summed E-state index contributed by atoms with van der Waals surface area (Å²) in [6.07, 6.45) is 5.07. The average molecular weight is 661 g/mol. The number of anilines is 4. The van der Waals surface area contributed by atoms with Crippen molar-refractivity contribution >= 4 is 127 Å². The van der Waals surface area contributed by atoms with Gasteiger partial charge in [0.15, 0.2) is 5.82 Å². The van der Waals surface area contributed by atoms with Gasteiger partial charge in [0, 0.05) is 49.7 Å². The molecule has 3 heterocycles. The number of rotatable bonds is 12. The molecule has 1 fully saturated rings. The first kappa shape index (κ1) is 37.1. The largest absolute Gasteiger partial charge is 0.494 e. The maximum Gasteiger partial charge on any atom is 0.247 e. The molecule has 0 bridgehead atoms. The molecule has 11 nitrogen and oxygen atoms in total. The zero-order valence-corrected chi connectivity index (χ0v) is 31.3. The first-order valence-corrected chi connectivity index (χ1v) is 17.3. The Labute approximate surface area is 303 Å². The normalized spacial score (nSPS) is 13.2. The van der Waals surface area contributed by atoms with Crippen molar-refractivity contribution in [3.05, 3.63) is 48.8 Å². The van der Waals surface area contributed by atoms with E-state index in [1.165, 1.54) is 39.0 Å². The fourth-order valence-corrected chi connectivity index (χ4v) is 6.71. The molecule has 1 amide bonds. The van der Waals surface area contributed by atoms with Crippen LogP contribution in [0.4, 0.5) is 23.0 Å². The number of methoxy groups -OCH3 is 1. The van der Waals surface area contributed by atoms with Gasteiger partial charge in [-0.3, -0.25) is 4.79 Å². The summed E-state index contributed by atoms with van der Waals surface area (Å²) in [6.45, 7) is 6.96. The van der Waals surface area contributed by atoms with Crippen molar-refractivity contribution in [3.8, 4) is 22.8 Å². The lowest BCUT2D eigenvalue weighted by atomic mass is 9.60. The van der Waals surface area contributed by atoms with E-state index in [-0.39, 0.29) is 5.91 Å². The van der Waals surface area contributed by atoms with Crippen LogP contribution in [-0.2, 0) is 16.1 Å². The molecular formula is C30H43B9N8O3. The van der Waals surface area contributed by atoms with Crippen LogP contribution in [0.2, 0.25) is 0 Å². The Bertz CT molecular complexity index is 1870. The number of nitrogens with zero attached hydrogens (tertiary/aromatic N) is 6. The average Bonchev–Trinajstić information content (AvgIpc) is 3.52. The van der Waals surface area contributed by atoms with Crippen LogP contribution in [0.5, 0.6) is 5.75 Å². The molecule has 1 aliphatic rings. The van der Waals surface area contributed by atoms with Crippen LogP contribution >= 0.6 is 0 Å². The second-order valence-corrected chi connectivity index (χ2v) is 13.5. The third-order valence-corrected chi connectivity index (χ3v) is 9.94. The van der Waals surface area contributed by atoms with Crippen LogP contribution in [-0.4, -0.2) is 146 Å². The highest BCUT2D eigenvalue weighted by atomic mass is 16.5. The van der Waals surface area contributed by atoms with Crippen molar-refractivity contribution in [2.45, 2.75) is 18.2 Å². The lowest BCUT2D eigenvalue weighted by Gasteiger charge is -2.31. The molecule has 2 aromatic heterocycles. The van der Waals surface area contributed by atoms with Gasteiger partial charge < -0.3 is 29.9 Å². The van der Waals surface area contributed by atoms with Gasteiger partial charge in [-0.25, -0.2) is 9.67 Å². The quantitative estimate of drug-likeness (QED) is 0.113. The molecule has 1 aliphatic heterocycles. The van der Waals surface area contributed by atoms with E-state index in [1.54, 1.807) is 13.3 Å². The lowest BCUT2D eigenvalue weighted by Crippen LogP contribution is -2.55. The maximum absolute atomic E-state index is 12.4. The van der Waals surface area contributed by atoms with E-state index in [9.17, 15) is 4.79 Å². The van der Waals surface area contributed by atoms with Gasteiger partial charge in [0.1, 0.15) is 76.4 Å². The van der Waals surface area contributed by atoms with Gasteiger partial charge in [0.25, 0.3) is 0 Å². The Morgan fingerprint density at radius 2 is 1.66 bits per heavy atom. The van der Waals surface area contributed by atoms with Crippen LogP contribution in [0.15, 0.2) is 43.2 Å². The smallest absolute Gasteiger partial charge is 0.247 e. The first-order valence-electron chi connectivity index (χ1n) is 17.3. The number of carbonyl (C=O) groups is 1. The van der Waals surface area contributed by atoms with Gasteiger partial charge in [-0.05, 0) is 29.4 Å². The Kier molecular flexibility index (Phi) is 11.7. The fourth-order valence-electron chi connectivity index (χ4n) is 6.71. The Hall–Kier alpha value is -4.16. The topological polar surface area (TPSA) is 110 Å². The summed E-state index contributed by atoms with van der Waals surface area (Å²) in [4.78, 5) is 26.5. The molecule has 0 atom stereocenters. The molecule has 2 aromatic carbocycles. The second-order valence-electron chi connectivity index (χ2n) is 13.5. The van der Waals surface area contributed by atoms with E-state index in [0.717, 1.165) is 23.5 Å². The zero-order chi connectivity index (χ0) is 36.3. The first-order chi connectivity index (χ1) is 23.8. The van der Waals surface area contributed by atoms with Gasteiger partial charge in [0.05, 0.1) is 43.1 Å².